The highest BCUT2D eigenvalue weighted by atomic mass is 35.5. The summed E-state index contributed by atoms with van der Waals surface area (Å²) in [5, 5.41) is -0.280. The topological polar surface area (TPSA) is 20.3 Å². The molecule has 2 nitrogen and oxygen atoms in total. The molecule has 2 aliphatic rings. The summed E-state index contributed by atoms with van der Waals surface area (Å²) >= 11 is 5.27. The van der Waals surface area contributed by atoms with Crippen LogP contribution in [0.1, 0.15) is 19.3 Å². The number of hydrogen-bond donors (Lipinski definition) is 0. The minimum Gasteiger partial charge on any atom is -0.328 e. The number of amides is 1. The van der Waals surface area contributed by atoms with Crippen LogP contribution in [-0.2, 0) is 0 Å². The molecule has 1 saturated carbocycles. The van der Waals surface area contributed by atoms with Gasteiger partial charge in [0.05, 0.1) is 0 Å². The van der Waals surface area contributed by atoms with E-state index in [2.05, 4.69) is 0 Å². The van der Waals surface area contributed by atoms with Crippen molar-refractivity contribution < 1.29 is 4.79 Å². The summed E-state index contributed by atoms with van der Waals surface area (Å²) < 4.78 is 0. The lowest BCUT2D eigenvalue weighted by Gasteiger charge is -2.55. The van der Waals surface area contributed by atoms with E-state index >= 15 is 0 Å². The average Bonchev–Trinajstić information content (AvgIpc) is 1.54. The van der Waals surface area contributed by atoms with Gasteiger partial charge < -0.3 is 4.90 Å². The molecule has 0 atom stereocenters. The molecular weight excluding hydrogens is 150 g/mol. The van der Waals surface area contributed by atoms with Gasteiger partial charge in [0.25, 0.3) is 0 Å². The molecule has 0 bridgehead atoms. The lowest BCUT2D eigenvalue weighted by atomic mass is 9.64. The Balaban J connectivity index is 1.88. The molecule has 3 heteroatoms. The standard InChI is InChI=1S/C7H10ClNO/c8-6(10)9-4-7(5-9)2-1-3-7/h1-5H2. The van der Waals surface area contributed by atoms with Gasteiger partial charge in [-0.2, -0.15) is 0 Å². The molecule has 0 unspecified atom stereocenters. The normalized spacial score (nSPS) is 27.5. The minimum atomic E-state index is -0.280. The predicted octanol–water partition coefficient (Wildman–Crippen LogP) is 1.83. The van der Waals surface area contributed by atoms with Crippen LogP contribution in [0, 0.1) is 5.41 Å². The van der Waals surface area contributed by atoms with Crippen LogP contribution >= 0.6 is 11.6 Å². The molecule has 0 aromatic rings. The smallest absolute Gasteiger partial charge is 0.316 e. The van der Waals surface area contributed by atoms with Crippen LogP contribution in [0.3, 0.4) is 0 Å². The lowest BCUT2D eigenvalue weighted by molar-refractivity contribution is -0.0261. The summed E-state index contributed by atoms with van der Waals surface area (Å²) in [5.74, 6) is 0. The molecule has 2 rings (SSSR count). The summed E-state index contributed by atoms with van der Waals surface area (Å²) in [6.45, 7) is 1.82. The van der Waals surface area contributed by atoms with Crippen molar-refractivity contribution in [1.29, 1.82) is 0 Å². The highest BCUT2D eigenvalue weighted by molar-refractivity contribution is 6.62. The molecule has 0 radical (unpaired) electrons. The third-order valence-electron chi connectivity index (χ3n) is 2.72. The van der Waals surface area contributed by atoms with E-state index in [9.17, 15) is 4.79 Å². The summed E-state index contributed by atoms with van der Waals surface area (Å²) in [6, 6.07) is 0. The van der Waals surface area contributed by atoms with Crippen LogP contribution in [0.5, 0.6) is 0 Å². The second-order valence-corrected chi connectivity index (χ2v) is 3.79. The predicted molar refractivity (Wildman–Crippen MR) is 39.1 cm³/mol. The van der Waals surface area contributed by atoms with E-state index in [0.717, 1.165) is 13.1 Å². The number of carbonyl (C=O) groups is 1. The second-order valence-electron chi connectivity index (χ2n) is 3.46. The van der Waals surface area contributed by atoms with Crippen LogP contribution in [0.25, 0.3) is 0 Å². The van der Waals surface area contributed by atoms with Crippen molar-refractivity contribution in [2.24, 2.45) is 5.41 Å². The summed E-state index contributed by atoms with van der Waals surface area (Å²) in [7, 11) is 0. The van der Waals surface area contributed by atoms with E-state index in [1.165, 1.54) is 19.3 Å². The van der Waals surface area contributed by atoms with Crippen molar-refractivity contribution in [2.75, 3.05) is 13.1 Å². The maximum Gasteiger partial charge on any atom is 0.316 e. The van der Waals surface area contributed by atoms with Crippen molar-refractivity contribution in [1.82, 2.24) is 4.90 Å². The van der Waals surface area contributed by atoms with E-state index < -0.39 is 0 Å². The molecule has 56 valence electrons. The van der Waals surface area contributed by atoms with E-state index in [1.54, 1.807) is 4.90 Å². The molecule has 1 spiro atoms. The summed E-state index contributed by atoms with van der Waals surface area (Å²) in [5.41, 5.74) is 0.518. The van der Waals surface area contributed by atoms with E-state index in [4.69, 9.17) is 11.6 Å². The van der Waals surface area contributed by atoms with Crippen LogP contribution in [0.15, 0.2) is 0 Å². The Morgan fingerprint density at radius 3 is 2.30 bits per heavy atom. The highest BCUT2D eigenvalue weighted by Gasteiger charge is 2.48. The zero-order chi connectivity index (χ0) is 7.19. The lowest BCUT2D eigenvalue weighted by Crippen LogP contribution is -2.60. The highest BCUT2D eigenvalue weighted by Crippen LogP contribution is 2.48. The van der Waals surface area contributed by atoms with Crippen molar-refractivity contribution >= 4 is 17.0 Å². The van der Waals surface area contributed by atoms with Gasteiger partial charge in [-0.3, -0.25) is 4.79 Å². The second kappa shape index (κ2) is 1.88. The van der Waals surface area contributed by atoms with Gasteiger partial charge in [0, 0.05) is 18.5 Å². The molecule has 2 fully saturated rings. The first-order valence-electron chi connectivity index (χ1n) is 3.66. The zero-order valence-electron chi connectivity index (χ0n) is 5.77. The van der Waals surface area contributed by atoms with Gasteiger partial charge in [-0.1, -0.05) is 6.42 Å². The molecule has 0 aromatic carbocycles. The maximum atomic E-state index is 10.5. The van der Waals surface area contributed by atoms with Crippen LogP contribution in [-0.4, -0.2) is 23.4 Å². The molecule has 0 N–H and O–H groups in total. The fourth-order valence-corrected chi connectivity index (χ4v) is 2.00. The monoisotopic (exact) mass is 159 g/mol. The Morgan fingerprint density at radius 1 is 1.40 bits per heavy atom. The number of carbonyl (C=O) groups excluding carboxylic acids is 1. The maximum absolute atomic E-state index is 10.5. The number of likely N-dealkylation sites (tertiary alicyclic amines) is 1. The first-order valence-corrected chi connectivity index (χ1v) is 4.04. The quantitative estimate of drug-likeness (QED) is 0.390. The third-order valence-corrected chi connectivity index (χ3v) is 2.95. The van der Waals surface area contributed by atoms with Gasteiger partial charge in [0.1, 0.15) is 0 Å². The molecule has 1 saturated heterocycles. The average molecular weight is 160 g/mol. The van der Waals surface area contributed by atoms with Gasteiger partial charge in [-0.15, -0.1) is 0 Å². The van der Waals surface area contributed by atoms with Gasteiger partial charge in [-0.05, 0) is 24.4 Å². The Hall–Kier alpha value is -0.240. The fraction of sp³-hybridized carbons (Fsp3) is 0.857. The van der Waals surface area contributed by atoms with Crippen molar-refractivity contribution in [3.05, 3.63) is 0 Å². The van der Waals surface area contributed by atoms with Crippen molar-refractivity contribution in [2.45, 2.75) is 19.3 Å². The first-order chi connectivity index (χ1) is 4.72. The first kappa shape index (κ1) is 6.47. The van der Waals surface area contributed by atoms with Crippen molar-refractivity contribution in [3.63, 3.8) is 0 Å². The van der Waals surface area contributed by atoms with Crippen LogP contribution in [0.4, 0.5) is 4.79 Å². The number of nitrogens with zero attached hydrogens (tertiary/aromatic N) is 1. The Kier molecular flexibility index (Phi) is 1.21. The minimum absolute atomic E-state index is 0.280. The number of halogens is 1. The Morgan fingerprint density at radius 2 is 2.00 bits per heavy atom. The Bertz CT molecular complexity index is 168. The molecular formula is C7H10ClNO. The summed E-state index contributed by atoms with van der Waals surface area (Å²) in [6.07, 6.45) is 3.94. The third kappa shape index (κ3) is 0.749. The van der Waals surface area contributed by atoms with Crippen LogP contribution in [0.2, 0.25) is 0 Å². The molecule has 1 amide bonds. The van der Waals surface area contributed by atoms with E-state index in [1.807, 2.05) is 0 Å². The fourth-order valence-electron chi connectivity index (χ4n) is 1.88. The van der Waals surface area contributed by atoms with Gasteiger partial charge in [0.2, 0.25) is 0 Å². The SMILES string of the molecule is O=C(Cl)N1CC2(CCC2)C1. The molecule has 0 aromatic heterocycles. The van der Waals surface area contributed by atoms with Crippen molar-refractivity contribution in [3.8, 4) is 0 Å². The Labute approximate surface area is 65.1 Å². The molecule has 1 aliphatic carbocycles. The largest absolute Gasteiger partial charge is 0.328 e. The molecule has 1 aliphatic heterocycles. The van der Waals surface area contributed by atoms with E-state index in [-0.39, 0.29) is 5.37 Å². The van der Waals surface area contributed by atoms with Gasteiger partial charge >= 0.3 is 5.37 Å². The number of hydrogen-bond acceptors (Lipinski definition) is 1. The zero-order valence-corrected chi connectivity index (χ0v) is 6.52. The van der Waals surface area contributed by atoms with Gasteiger partial charge in [-0.25, -0.2) is 0 Å². The van der Waals surface area contributed by atoms with Crippen LogP contribution < -0.4 is 0 Å². The summed E-state index contributed by atoms with van der Waals surface area (Å²) in [4.78, 5) is 12.3. The van der Waals surface area contributed by atoms with Gasteiger partial charge in [0.15, 0.2) is 0 Å². The number of rotatable bonds is 0. The van der Waals surface area contributed by atoms with E-state index in [0.29, 0.717) is 5.41 Å². The molecule has 1 heterocycles. The molecule has 10 heavy (non-hydrogen) atoms.